The van der Waals surface area contributed by atoms with Gasteiger partial charge in [-0.05, 0) is 36.4 Å². The molecule has 6 nitrogen and oxygen atoms in total. The van der Waals surface area contributed by atoms with E-state index in [9.17, 15) is 13.2 Å². The Morgan fingerprint density at radius 2 is 1.85 bits per heavy atom. The molecule has 0 radical (unpaired) electrons. The van der Waals surface area contributed by atoms with Crippen molar-refractivity contribution in [2.45, 2.75) is 11.8 Å². The van der Waals surface area contributed by atoms with Crippen LogP contribution in [0.5, 0.6) is 0 Å². The molecule has 0 aliphatic rings. The number of nitrogens with one attached hydrogen (secondary N) is 1. The third-order valence-electron chi connectivity index (χ3n) is 3.74. The molecule has 1 aromatic heterocycles. The van der Waals surface area contributed by atoms with Gasteiger partial charge in [-0.2, -0.15) is 0 Å². The number of aromatic nitrogens is 1. The first-order valence-electron chi connectivity index (χ1n) is 7.68. The summed E-state index contributed by atoms with van der Waals surface area (Å²) in [7, 11) is -3.41. The summed E-state index contributed by atoms with van der Waals surface area (Å²) in [4.78, 5) is 16.7. The Morgan fingerprint density at radius 3 is 2.41 bits per heavy atom. The number of sulfone groups is 1. The number of carbonyl (C=O) groups excluding carboxylic acids is 1. The van der Waals surface area contributed by atoms with Gasteiger partial charge in [-0.3, -0.25) is 4.79 Å². The molecule has 0 bridgehead atoms. The molecule has 0 spiro atoms. The highest BCUT2D eigenvalue weighted by Crippen LogP contribution is 2.30. The van der Waals surface area contributed by atoms with Gasteiger partial charge < -0.3 is 9.73 Å². The van der Waals surface area contributed by atoms with E-state index in [-0.39, 0.29) is 15.5 Å². The lowest BCUT2D eigenvalue weighted by molar-refractivity contribution is 0.102. The van der Waals surface area contributed by atoms with Gasteiger partial charge in [-0.1, -0.05) is 23.2 Å². The summed E-state index contributed by atoms with van der Waals surface area (Å²) in [5.41, 5.74) is 1.87. The quantitative estimate of drug-likeness (QED) is 0.659. The van der Waals surface area contributed by atoms with Crippen molar-refractivity contribution in [2.75, 3.05) is 11.6 Å². The maximum absolute atomic E-state index is 12.5. The largest absolute Gasteiger partial charge is 0.449 e. The summed E-state index contributed by atoms with van der Waals surface area (Å²) in [6, 6.07) is 8.90. The lowest BCUT2D eigenvalue weighted by Crippen LogP contribution is -2.13. The summed E-state index contributed by atoms with van der Waals surface area (Å²) in [6.07, 6.45) is 2.57. The highest BCUT2D eigenvalue weighted by atomic mass is 35.5. The maximum Gasteiger partial charge on any atom is 0.257 e. The number of nitrogens with zero attached hydrogens (tertiary/aromatic N) is 1. The summed E-state index contributed by atoms with van der Waals surface area (Å²) in [5, 5.41) is 3.11. The molecular formula is C18H14Cl2N2O4S. The lowest BCUT2D eigenvalue weighted by atomic mass is 10.1. The van der Waals surface area contributed by atoms with Crippen molar-refractivity contribution in [3.8, 4) is 11.3 Å². The molecule has 1 N–H and O–H groups in total. The fourth-order valence-electron chi connectivity index (χ4n) is 2.40. The second kappa shape index (κ2) is 7.34. The zero-order valence-corrected chi connectivity index (χ0v) is 16.6. The van der Waals surface area contributed by atoms with Crippen LogP contribution < -0.4 is 5.32 Å². The molecule has 0 saturated heterocycles. The third kappa shape index (κ3) is 4.32. The average Bonchev–Trinajstić information content (AvgIpc) is 3.00. The van der Waals surface area contributed by atoms with Gasteiger partial charge in [0.2, 0.25) is 0 Å². The topological polar surface area (TPSA) is 89.3 Å². The van der Waals surface area contributed by atoms with Crippen molar-refractivity contribution in [1.82, 2.24) is 4.98 Å². The predicted molar refractivity (Wildman–Crippen MR) is 104 cm³/mol. The molecule has 0 aliphatic heterocycles. The van der Waals surface area contributed by atoms with E-state index in [1.54, 1.807) is 25.1 Å². The second-order valence-electron chi connectivity index (χ2n) is 5.81. The average molecular weight is 425 g/mol. The molecule has 140 valence electrons. The minimum absolute atomic E-state index is 0.0382. The van der Waals surface area contributed by atoms with E-state index in [1.807, 2.05) is 0 Å². The molecule has 27 heavy (non-hydrogen) atoms. The number of anilines is 1. The summed E-state index contributed by atoms with van der Waals surface area (Å²) < 4.78 is 28.3. The Kier molecular flexibility index (Phi) is 5.28. The molecule has 3 aromatic rings. The standard InChI is InChI=1S/C18H14Cl2N2O4S/c1-10-21-17(9-26-10)13-5-3-11(7-15(13)19)22-18(23)14-6-4-12(8-16(14)20)27(2,24)25/h3-9H,1-2H3,(H,22,23). The van der Waals surface area contributed by atoms with E-state index in [0.29, 0.717) is 27.9 Å². The first kappa shape index (κ1) is 19.4. The lowest BCUT2D eigenvalue weighted by Gasteiger charge is -2.09. The summed E-state index contributed by atoms with van der Waals surface area (Å²) in [5.74, 6) is 0.0341. The van der Waals surface area contributed by atoms with Crippen molar-refractivity contribution in [1.29, 1.82) is 0 Å². The van der Waals surface area contributed by atoms with Crippen molar-refractivity contribution < 1.29 is 17.6 Å². The number of halogens is 2. The zero-order chi connectivity index (χ0) is 19.8. The van der Waals surface area contributed by atoms with Gasteiger partial charge in [0.1, 0.15) is 12.0 Å². The number of aryl methyl sites for hydroxylation is 1. The highest BCUT2D eigenvalue weighted by Gasteiger charge is 2.16. The molecule has 0 aliphatic carbocycles. The number of amides is 1. The number of oxazole rings is 1. The predicted octanol–water partition coefficient (Wildman–Crippen LogP) is 4.61. The SMILES string of the molecule is Cc1nc(-c2ccc(NC(=O)c3ccc(S(C)(=O)=O)cc3Cl)cc2Cl)co1. The van der Waals surface area contributed by atoms with Gasteiger partial charge in [-0.25, -0.2) is 13.4 Å². The van der Waals surface area contributed by atoms with Crippen LogP contribution in [0.15, 0.2) is 52.0 Å². The fourth-order valence-corrected chi connectivity index (χ4v) is 3.65. The van der Waals surface area contributed by atoms with Gasteiger partial charge in [0.05, 0.1) is 20.5 Å². The Bertz CT molecular complexity index is 1140. The number of benzene rings is 2. The van der Waals surface area contributed by atoms with Crippen LogP contribution in [0.25, 0.3) is 11.3 Å². The maximum atomic E-state index is 12.5. The molecule has 3 rings (SSSR count). The molecule has 0 unspecified atom stereocenters. The Morgan fingerprint density at radius 1 is 1.11 bits per heavy atom. The van der Waals surface area contributed by atoms with Crippen molar-refractivity contribution in [3.63, 3.8) is 0 Å². The summed E-state index contributed by atoms with van der Waals surface area (Å²) in [6.45, 7) is 1.73. The molecule has 0 saturated carbocycles. The van der Waals surface area contributed by atoms with Gasteiger partial charge in [-0.15, -0.1) is 0 Å². The van der Waals surface area contributed by atoms with E-state index < -0.39 is 15.7 Å². The molecule has 1 heterocycles. The van der Waals surface area contributed by atoms with Gasteiger partial charge >= 0.3 is 0 Å². The van der Waals surface area contributed by atoms with Crippen LogP contribution in [0.4, 0.5) is 5.69 Å². The van der Waals surface area contributed by atoms with Crippen LogP contribution in [0.1, 0.15) is 16.2 Å². The normalized spacial score (nSPS) is 11.4. The molecular weight excluding hydrogens is 411 g/mol. The molecule has 0 fully saturated rings. The van der Waals surface area contributed by atoms with Gasteiger partial charge in [0.15, 0.2) is 15.7 Å². The van der Waals surface area contributed by atoms with E-state index in [2.05, 4.69) is 10.3 Å². The molecule has 9 heteroatoms. The van der Waals surface area contributed by atoms with Gasteiger partial charge in [0, 0.05) is 24.4 Å². The second-order valence-corrected chi connectivity index (χ2v) is 8.64. The van der Waals surface area contributed by atoms with E-state index in [1.165, 1.54) is 24.5 Å². The van der Waals surface area contributed by atoms with Crippen molar-refractivity contribution >= 4 is 44.6 Å². The number of rotatable bonds is 4. The Hall–Kier alpha value is -2.35. The van der Waals surface area contributed by atoms with E-state index in [4.69, 9.17) is 27.6 Å². The van der Waals surface area contributed by atoms with Crippen LogP contribution in [0.3, 0.4) is 0 Å². The first-order chi connectivity index (χ1) is 12.6. The van der Waals surface area contributed by atoms with Crippen LogP contribution in [0, 0.1) is 6.92 Å². The monoisotopic (exact) mass is 424 g/mol. The van der Waals surface area contributed by atoms with Crippen molar-refractivity contribution in [2.24, 2.45) is 0 Å². The molecule has 1 amide bonds. The summed E-state index contributed by atoms with van der Waals surface area (Å²) >= 11 is 12.3. The Labute approximate surface area is 166 Å². The van der Waals surface area contributed by atoms with Gasteiger partial charge in [0.25, 0.3) is 5.91 Å². The number of hydrogen-bond donors (Lipinski definition) is 1. The third-order valence-corrected chi connectivity index (χ3v) is 5.47. The fraction of sp³-hybridized carbons (Fsp3) is 0.111. The number of hydrogen-bond acceptors (Lipinski definition) is 5. The van der Waals surface area contributed by atoms with Crippen LogP contribution in [-0.2, 0) is 9.84 Å². The Balaban J connectivity index is 1.83. The van der Waals surface area contributed by atoms with E-state index in [0.717, 1.165) is 6.26 Å². The minimum Gasteiger partial charge on any atom is -0.449 e. The van der Waals surface area contributed by atoms with Crippen LogP contribution in [0.2, 0.25) is 10.0 Å². The number of carbonyl (C=O) groups is 1. The van der Waals surface area contributed by atoms with E-state index >= 15 is 0 Å². The molecule has 0 atom stereocenters. The molecule has 2 aromatic carbocycles. The van der Waals surface area contributed by atoms with Crippen molar-refractivity contribution in [3.05, 3.63) is 64.2 Å². The first-order valence-corrected chi connectivity index (χ1v) is 10.3. The van der Waals surface area contributed by atoms with Crippen LogP contribution >= 0.6 is 23.2 Å². The minimum atomic E-state index is -3.41. The highest BCUT2D eigenvalue weighted by molar-refractivity contribution is 7.90. The smallest absolute Gasteiger partial charge is 0.257 e. The van der Waals surface area contributed by atoms with Crippen LogP contribution in [-0.4, -0.2) is 25.6 Å². The zero-order valence-electron chi connectivity index (χ0n) is 14.3.